The largest absolute Gasteiger partial charge is 0.481 e. The van der Waals surface area contributed by atoms with E-state index in [1.165, 1.54) is 0 Å². The second-order valence-electron chi connectivity index (χ2n) is 3.21. The van der Waals surface area contributed by atoms with Gasteiger partial charge in [-0.3, -0.25) is 4.79 Å². The average Bonchev–Trinajstić information content (AvgIpc) is 2.23. The molecule has 0 radical (unpaired) electrons. The average molecular weight is 224 g/mol. The predicted molar refractivity (Wildman–Crippen MR) is 65.4 cm³/mol. The molecule has 1 unspecified atom stereocenters. The standard InChI is InChI=1S/C13H20O3/c1-3-9-12(16-4-2)10-7-5-6-8-11-13(14)15/h3,5-9,12H,4,10-11H2,1-2H3,(H,14,15)/b7-5+,8-6+,9-3+. The number of hydrogen-bond acceptors (Lipinski definition) is 2. The van der Waals surface area contributed by atoms with Crippen molar-refractivity contribution in [2.45, 2.75) is 32.8 Å². The van der Waals surface area contributed by atoms with Crippen LogP contribution in [0.25, 0.3) is 0 Å². The van der Waals surface area contributed by atoms with Gasteiger partial charge in [0.1, 0.15) is 0 Å². The molecule has 1 atom stereocenters. The molecule has 0 aromatic heterocycles. The van der Waals surface area contributed by atoms with Crippen LogP contribution in [-0.2, 0) is 9.53 Å². The Kier molecular flexibility index (Phi) is 9.32. The maximum absolute atomic E-state index is 10.2. The predicted octanol–water partition coefficient (Wildman–Crippen LogP) is 2.94. The van der Waals surface area contributed by atoms with Crippen molar-refractivity contribution in [3.63, 3.8) is 0 Å². The Morgan fingerprint density at radius 2 is 2.06 bits per heavy atom. The summed E-state index contributed by atoms with van der Waals surface area (Å²) in [6, 6.07) is 0. The number of aliphatic carboxylic acids is 1. The summed E-state index contributed by atoms with van der Waals surface area (Å²) in [5.74, 6) is -0.814. The van der Waals surface area contributed by atoms with E-state index < -0.39 is 5.97 Å². The second kappa shape index (κ2) is 10.2. The Labute approximate surface area is 97.1 Å². The highest BCUT2D eigenvalue weighted by molar-refractivity contribution is 5.68. The summed E-state index contributed by atoms with van der Waals surface area (Å²) >= 11 is 0. The molecule has 0 aromatic carbocycles. The van der Waals surface area contributed by atoms with Crippen molar-refractivity contribution in [3.8, 4) is 0 Å². The zero-order valence-corrected chi connectivity index (χ0v) is 9.93. The van der Waals surface area contributed by atoms with Crippen molar-refractivity contribution < 1.29 is 14.6 Å². The first-order valence-electron chi connectivity index (χ1n) is 5.48. The van der Waals surface area contributed by atoms with Gasteiger partial charge in [-0.15, -0.1) is 0 Å². The summed E-state index contributed by atoms with van der Waals surface area (Å²) in [4.78, 5) is 10.2. The Morgan fingerprint density at radius 3 is 2.62 bits per heavy atom. The van der Waals surface area contributed by atoms with E-state index in [4.69, 9.17) is 9.84 Å². The molecule has 0 aliphatic rings. The minimum Gasteiger partial charge on any atom is -0.481 e. The van der Waals surface area contributed by atoms with Crippen molar-refractivity contribution >= 4 is 5.97 Å². The third-order valence-electron chi connectivity index (χ3n) is 1.83. The number of carboxylic acids is 1. The Bertz CT molecular complexity index is 264. The van der Waals surface area contributed by atoms with E-state index in [9.17, 15) is 4.79 Å². The van der Waals surface area contributed by atoms with Gasteiger partial charge < -0.3 is 9.84 Å². The van der Waals surface area contributed by atoms with Gasteiger partial charge in [0.05, 0.1) is 12.5 Å². The Morgan fingerprint density at radius 1 is 1.38 bits per heavy atom. The molecule has 0 saturated carbocycles. The van der Waals surface area contributed by atoms with Crippen LogP contribution in [0.5, 0.6) is 0 Å². The molecule has 0 amide bonds. The van der Waals surface area contributed by atoms with Crippen molar-refractivity contribution in [1.82, 2.24) is 0 Å². The fraction of sp³-hybridized carbons (Fsp3) is 0.462. The van der Waals surface area contributed by atoms with Crippen molar-refractivity contribution in [1.29, 1.82) is 0 Å². The van der Waals surface area contributed by atoms with Crippen LogP contribution < -0.4 is 0 Å². The zero-order chi connectivity index (χ0) is 12.2. The fourth-order valence-electron chi connectivity index (χ4n) is 1.17. The summed E-state index contributed by atoms with van der Waals surface area (Å²) in [5, 5.41) is 8.39. The van der Waals surface area contributed by atoms with Gasteiger partial charge in [0, 0.05) is 6.61 Å². The third-order valence-corrected chi connectivity index (χ3v) is 1.83. The molecule has 0 aliphatic carbocycles. The van der Waals surface area contributed by atoms with E-state index in [0.29, 0.717) is 6.61 Å². The molecule has 0 bridgehead atoms. The van der Waals surface area contributed by atoms with Crippen LogP contribution in [0.4, 0.5) is 0 Å². The molecular weight excluding hydrogens is 204 g/mol. The highest BCUT2D eigenvalue weighted by atomic mass is 16.5. The van der Waals surface area contributed by atoms with Gasteiger partial charge in [-0.1, -0.05) is 36.5 Å². The van der Waals surface area contributed by atoms with Gasteiger partial charge >= 0.3 is 5.97 Å². The number of allylic oxidation sites excluding steroid dienone is 3. The molecule has 3 heteroatoms. The second-order valence-corrected chi connectivity index (χ2v) is 3.21. The summed E-state index contributed by atoms with van der Waals surface area (Å²) in [5.41, 5.74) is 0. The smallest absolute Gasteiger partial charge is 0.307 e. The van der Waals surface area contributed by atoms with Crippen molar-refractivity contribution in [2.24, 2.45) is 0 Å². The lowest BCUT2D eigenvalue weighted by Crippen LogP contribution is -2.07. The summed E-state index contributed by atoms with van der Waals surface area (Å²) < 4.78 is 5.47. The van der Waals surface area contributed by atoms with E-state index in [1.807, 2.05) is 38.2 Å². The molecule has 0 saturated heterocycles. The topological polar surface area (TPSA) is 46.5 Å². The number of rotatable bonds is 8. The Hall–Kier alpha value is -1.35. The van der Waals surface area contributed by atoms with E-state index >= 15 is 0 Å². The highest BCUT2D eigenvalue weighted by Crippen LogP contribution is 2.02. The molecule has 0 aromatic rings. The lowest BCUT2D eigenvalue weighted by Gasteiger charge is -2.09. The lowest BCUT2D eigenvalue weighted by molar-refractivity contribution is -0.136. The van der Waals surface area contributed by atoms with Crippen LogP contribution in [0.15, 0.2) is 36.5 Å². The monoisotopic (exact) mass is 224 g/mol. The van der Waals surface area contributed by atoms with Crippen molar-refractivity contribution in [2.75, 3.05) is 6.61 Å². The molecule has 0 fully saturated rings. The third kappa shape index (κ3) is 9.21. The highest BCUT2D eigenvalue weighted by Gasteiger charge is 1.99. The van der Waals surface area contributed by atoms with Gasteiger partial charge in [0.15, 0.2) is 0 Å². The van der Waals surface area contributed by atoms with Gasteiger partial charge in [0.2, 0.25) is 0 Å². The van der Waals surface area contributed by atoms with E-state index in [-0.39, 0.29) is 12.5 Å². The van der Waals surface area contributed by atoms with Crippen LogP contribution in [0, 0.1) is 0 Å². The number of hydrogen-bond donors (Lipinski definition) is 1. The van der Waals surface area contributed by atoms with Crippen molar-refractivity contribution in [3.05, 3.63) is 36.5 Å². The first kappa shape index (κ1) is 14.6. The Balaban J connectivity index is 3.86. The molecule has 90 valence electrons. The molecule has 0 spiro atoms. The quantitative estimate of drug-likeness (QED) is 0.509. The normalized spacial score (nSPS) is 14.1. The van der Waals surface area contributed by atoms with Crippen LogP contribution in [0.2, 0.25) is 0 Å². The first-order valence-corrected chi connectivity index (χ1v) is 5.48. The maximum atomic E-state index is 10.2. The number of carboxylic acid groups (broad SMARTS) is 1. The van der Waals surface area contributed by atoms with Gasteiger partial charge in [-0.05, 0) is 20.3 Å². The van der Waals surface area contributed by atoms with E-state index in [1.54, 1.807) is 12.2 Å². The minimum atomic E-state index is -0.814. The zero-order valence-electron chi connectivity index (χ0n) is 9.93. The fourth-order valence-corrected chi connectivity index (χ4v) is 1.17. The van der Waals surface area contributed by atoms with E-state index in [2.05, 4.69) is 0 Å². The number of carbonyl (C=O) groups is 1. The van der Waals surface area contributed by atoms with Crippen LogP contribution >= 0.6 is 0 Å². The number of ether oxygens (including phenoxy) is 1. The van der Waals surface area contributed by atoms with Gasteiger partial charge in [-0.2, -0.15) is 0 Å². The molecular formula is C13H20O3. The van der Waals surface area contributed by atoms with Crippen LogP contribution in [0.3, 0.4) is 0 Å². The van der Waals surface area contributed by atoms with Gasteiger partial charge in [-0.25, -0.2) is 0 Å². The lowest BCUT2D eigenvalue weighted by atomic mass is 10.2. The minimum absolute atomic E-state index is 0.0636. The van der Waals surface area contributed by atoms with Crippen LogP contribution in [0.1, 0.15) is 26.7 Å². The SMILES string of the molecule is C/C=C/C(C/C=C/C=C/CC(=O)O)OCC. The molecule has 3 nitrogen and oxygen atoms in total. The van der Waals surface area contributed by atoms with Gasteiger partial charge in [0.25, 0.3) is 0 Å². The molecule has 0 aliphatic heterocycles. The molecule has 1 N–H and O–H groups in total. The first-order chi connectivity index (χ1) is 7.70. The van der Waals surface area contributed by atoms with E-state index in [0.717, 1.165) is 6.42 Å². The molecule has 0 rings (SSSR count). The summed E-state index contributed by atoms with van der Waals surface area (Å²) in [6.45, 7) is 4.62. The van der Waals surface area contributed by atoms with Crippen LogP contribution in [-0.4, -0.2) is 23.8 Å². The summed E-state index contributed by atoms with van der Waals surface area (Å²) in [6.07, 6.45) is 12.1. The molecule has 16 heavy (non-hydrogen) atoms. The maximum Gasteiger partial charge on any atom is 0.307 e. The molecule has 0 heterocycles. The summed E-state index contributed by atoms with van der Waals surface area (Å²) in [7, 11) is 0.